The first-order valence-corrected chi connectivity index (χ1v) is 10.1. The molecule has 6 heteroatoms. The number of hydrogen-bond acceptors (Lipinski definition) is 4. The van der Waals surface area contributed by atoms with Crippen LogP contribution in [0.2, 0.25) is 0 Å². The summed E-state index contributed by atoms with van der Waals surface area (Å²) < 4.78 is 5.27. The van der Waals surface area contributed by atoms with E-state index in [1.807, 2.05) is 48.5 Å². The molecule has 3 aromatic carbocycles. The molecule has 3 aromatic rings. The highest BCUT2D eigenvalue weighted by atomic mass is 16.5. The first-order chi connectivity index (χ1) is 15.1. The molecule has 31 heavy (non-hydrogen) atoms. The molecule has 1 atom stereocenters. The number of nitrogens with zero attached hydrogens (tertiary/aromatic N) is 1. The van der Waals surface area contributed by atoms with Gasteiger partial charge in [-0.25, -0.2) is 0 Å². The Balaban J connectivity index is 1.55. The number of rotatable bonds is 5. The van der Waals surface area contributed by atoms with E-state index >= 15 is 0 Å². The summed E-state index contributed by atoms with van der Waals surface area (Å²) in [5.41, 5.74) is 2.16. The highest BCUT2D eigenvalue weighted by Crippen LogP contribution is 2.46. The topological polar surface area (TPSA) is 75.7 Å². The van der Waals surface area contributed by atoms with Crippen molar-refractivity contribution in [3.8, 4) is 5.75 Å². The van der Waals surface area contributed by atoms with Gasteiger partial charge in [-0.2, -0.15) is 0 Å². The van der Waals surface area contributed by atoms with Crippen molar-refractivity contribution in [2.45, 2.75) is 11.8 Å². The molecule has 154 valence electrons. The van der Waals surface area contributed by atoms with Crippen molar-refractivity contribution in [3.05, 3.63) is 95.1 Å². The smallest absolute Gasteiger partial charge is 0.261 e. The van der Waals surface area contributed by atoms with Crippen molar-refractivity contribution in [1.82, 2.24) is 4.90 Å². The summed E-state index contributed by atoms with van der Waals surface area (Å²) in [6.07, 6.45) is 0.271. The van der Waals surface area contributed by atoms with Gasteiger partial charge in [0.25, 0.3) is 11.8 Å². The zero-order chi connectivity index (χ0) is 21.6. The number of carbonyl (C=O) groups is 3. The molecule has 0 aromatic heterocycles. The maximum absolute atomic E-state index is 13.4. The highest BCUT2D eigenvalue weighted by molar-refractivity contribution is 6.21. The van der Waals surface area contributed by atoms with Gasteiger partial charge >= 0.3 is 0 Å². The molecule has 2 aliphatic rings. The number of ether oxygens (including phenoxy) is 1. The third-order valence-corrected chi connectivity index (χ3v) is 6.19. The lowest BCUT2D eigenvalue weighted by molar-refractivity contribution is -0.119. The van der Waals surface area contributed by atoms with Crippen LogP contribution in [0.4, 0.5) is 5.69 Å². The monoisotopic (exact) mass is 412 g/mol. The van der Waals surface area contributed by atoms with Crippen LogP contribution in [0.5, 0.6) is 5.75 Å². The van der Waals surface area contributed by atoms with Gasteiger partial charge in [-0.15, -0.1) is 0 Å². The molecule has 0 unspecified atom stereocenters. The van der Waals surface area contributed by atoms with Crippen LogP contribution in [0.3, 0.4) is 0 Å². The Labute approximate surface area is 179 Å². The summed E-state index contributed by atoms with van der Waals surface area (Å²) in [5, 5.41) is 2.97. The number of amides is 3. The zero-order valence-electron chi connectivity index (χ0n) is 16.9. The number of methoxy groups -OCH3 is 1. The van der Waals surface area contributed by atoms with Crippen LogP contribution in [0.15, 0.2) is 72.8 Å². The van der Waals surface area contributed by atoms with Crippen molar-refractivity contribution < 1.29 is 19.1 Å². The van der Waals surface area contributed by atoms with E-state index in [1.54, 1.807) is 31.4 Å². The molecule has 5 rings (SSSR count). The molecule has 0 aliphatic carbocycles. The first kappa shape index (κ1) is 19.1. The van der Waals surface area contributed by atoms with Gasteiger partial charge < -0.3 is 10.1 Å². The molecule has 2 heterocycles. The van der Waals surface area contributed by atoms with E-state index < -0.39 is 5.41 Å². The minimum atomic E-state index is -1.02. The van der Waals surface area contributed by atoms with E-state index in [0.717, 1.165) is 16.8 Å². The second-order valence-corrected chi connectivity index (χ2v) is 7.69. The molecule has 0 saturated carbocycles. The third-order valence-electron chi connectivity index (χ3n) is 6.19. The van der Waals surface area contributed by atoms with Gasteiger partial charge in [0.15, 0.2) is 0 Å². The molecule has 1 N–H and O–H groups in total. The molecule has 0 radical (unpaired) electrons. The van der Waals surface area contributed by atoms with Gasteiger partial charge in [0.2, 0.25) is 5.91 Å². The molecule has 0 bridgehead atoms. The largest absolute Gasteiger partial charge is 0.497 e. The second-order valence-electron chi connectivity index (χ2n) is 7.69. The van der Waals surface area contributed by atoms with Crippen LogP contribution < -0.4 is 10.1 Å². The van der Waals surface area contributed by atoms with Gasteiger partial charge in [0.05, 0.1) is 18.2 Å². The zero-order valence-corrected chi connectivity index (χ0v) is 16.9. The number of imide groups is 1. The van der Waals surface area contributed by atoms with Crippen LogP contribution in [0.25, 0.3) is 0 Å². The fourth-order valence-electron chi connectivity index (χ4n) is 4.59. The lowest BCUT2D eigenvalue weighted by atomic mass is 9.72. The molecule has 6 nitrogen and oxygen atoms in total. The third kappa shape index (κ3) is 2.75. The fourth-order valence-corrected chi connectivity index (χ4v) is 4.59. The van der Waals surface area contributed by atoms with Crippen molar-refractivity contribution >= 4 is 23.4 Å². The normalized spacial score (nSPS) is 19.3. The summed E-state index contributed by atoms with van der Waals surface area (Å²) in [7, 11) is 1.59. The minimum Gasteiger partial charge on any atom is -0.497 e. The molecule has 0 fully saturated rings. The van der Waals surface area contributed by atoms with Gasteiger partial charge in [0.1, 0.15) is 11.2 Å². The van der Waals surface area contributed by atoms with E-state index in [2.05, 4.69) is 5.32 Å². The molecule has 3 amide bonds. The Hall–Kier alpha value is -3.93. The number of benzene rings is 3. The molecule has 0 spiro atoms. The van der Waals surface area contributed by atoms with Gasteiger partial charge in [-0.05, 0) is 47.9 Å². The fraction of sp³-hybridized carbons (Fsp3) is 0.160. The van der Waals surface area contributed by atoms with Crippen molar-refractivity contribution in [2.75, 3.05) is 19.0 Å². The van der Waals surface area contributed by atoms with E-state index in [-0.39, 0.29) is 30.7 Å². The summed E-state index contributed by atoms with van der Waals surface area (Å²) in [6, 6.07) is 21.7. The van der Waals surface area contributed by atoms with Crippen molar-refractivity contribution in [3.63, 3.8) is 0 Å². The van der Waals surface area contributed by atoms with E-state index in [9.17, 15) is 14.4 Å². The average molecular weight is 412 g/mol. The number of nitrogens with one attached hydrogen (secondary N) is 1. The predicted molar refractivity (Wildman–Crippen MR) is 115 cm³/mol. The summed E-state index contributed by atoms with van der Waals surface area (Å²) in [4.78, 5) is 40.3. The maximum Gasteiger partial charge on any atom is 0.261 e. The predicted octanol–water partition coefficient (Wildman–Crippen LogP) is 3.62. The standard InChI is InChI=1S/C25H20N2O4/c1-31-17-12-10-16(11-13-17)25(20-8-4-5-9-21(20)26-24(25)30)14-15-27-22(28)18-6-2-3-7-19(18)23(27)29/h2-13H,14-15H2,1H3,(H,26,30)/t25-/m1/s1. The van der Waals surface area contributed by atoms with Crippen LogP contribution in [-0.2, 0) is 10.2 Å². The lowest BCUT2D eigenvalue weighted by Crippen LogP contribution is -2.41. The Morgan fingerprint density at radius 1 is 0.839 bits per heavy atom. The van der Waals surface area contributed by atoms with Gasteiger partial charge in [-0.1, -0.05) is 42.5 Å². The minimum absolute atomic E-state index is 0.125. The van der Waals surface area contributed by atoms with E-state index in [4.69, 9.17) is 4.74 Å². The number of hydrogen-bond donors (Lipinski definition) is 1. The average Bonchev–Trinajstić information content (AvgIpc) is 3.23. The van der Waals surface area contributed by atoms with E-state index in [1.165, 1.54) is 4.90 Å². The summed E-state index contributed by atoms with van der Waals surface area (Å²) in [5.74, 6) is -0.129. The van der Waals surface area contributed by atoms with Crippen LogP contribution in [0, 0.1) is 0 Å². The SMILES string of the molecule is COc1ccc([C@@]2(CCN3C(=O)c4ccccc4C3=O)C(=O)Nc3ccccc32)cc1. The Morgan fingerprint density at radius 2 is 1.45 bits per heavy atom. The summed E-state index contributed by atoms with van der Waals surface area (Å²) >= 11 is 0. The van der Waals surface area contributed by atoms with Crippen molar-refractivity contribution in [2.24, 2.45) is 0 Å². The maximum atomic E-state index is 13.4. The number of fused-ring (bicyclic) bond motifs is 2. The number of anilines is 1. The van der Waals surface area contributed by atoms with Crippen LogP contribution >= 0.6 is 0 Å². The van der Waals surface area contributed by atoms with Crippen LogP contribution in [-0.4, -0.2) is 36.3 Å². The Kier molecular flexibility index (Phi) is 4.36. The van der Waals surface area contributed by atoms with Gasteiger partial charge in [-0.3, -0.25) is 19.3 Å². The van der Waals surface area contributed by atoms with Crippen molar-refractivity contribution in [1.29, 1.82) is 0 Å². The van der Waals surface area contributed by atoms with Crippen LogP contribution in [0.1, 0.15) is 38.3 Å². The lowest BCUT2D eigenvalue weighted by Gasteiger charge is -2.30. The molecule has 0 saturated heterocycles. The molecular weight excluding hydrogens is 392 g/mol. The van der Waals surface area contributed by atoms with E-state index in [0.29, 0.717) is 16.9 Å². The Bertz CT molecular complexity index is 1180. The summed E-state index contributed by atoms with van der Waals surface area (Å²) in [6.45, 7) is 0.125. The number of carbonyl (C=O) groups excluding carboxylic acids is 3. The Morgan fingerprint density at radius 3 is 2.10 bits per heavy atom. The number of para-hydroxylation sites is 1. The second kappa shape index (κ2) is 7.09. The highest BCUT2D eigenvalue weighted by Gasteiger charge is 2.49. The molecular formula is C25H20N2O4. The van der Waals surface area contributed by atoms with Gasteiger partial charge in [0, 0.05) is 12.2 Å². The molecule has 2 aliphatic heterocycles. The first-order valence-electron chi connectivity index (χ1n) is 10.1. The quantitative estimate of drug-likeness (QED) is 0.650.